The van der Waals surface area contributed by atoms with Gasteiger partial charge in [-0.3, -0.25) is 4.79 Å². The number of carbonyl (C=O) groups is 1. The second-order valence-electron chi connectivity index (χ2n) is 9.33. The SMILES string of the molecule is NCCOCCOCCOCCOCCOCCOCCOCCOCCOCCOCCC(=O)Oc1c(F)c(F)c([SH](=O)=O)c(F)c1F. The van der Waals surface area contributed by atoms with E-state index < -0.39 is 57.0 Å². The van der Waals surface area contributed by atoms with E-state index in [1.54, 1.807) is 0 Å². The van der Waals surface area contributed by atoms with Crippen LogP contribution >= 0.6 is 0 Å². The molecule has 20 heteroatoms. The highest BCUT2D eigenvalue weighted by Crippen LogP contribution is 2.31. The molecule has 2 N–H and O–H groups in total. The lowest BCUT2D eigenvalue weighted by molar-refractivity contribution is -0.136. The zero-order valence-corrected chi connectivity index (χ0v) is 28.2. The summed E-state index contributed by atoms with van der Waals surface area (Å²) in [6.45, 7) is 7.80. The number of esters is 1. The van der Waals surface area contributed by atoms with Crippen molar-refractivity contribution in [3.8, 4) is 5.75 Å². The number of carbonyl (C=O) groups excluding carboxylic acids is 1. The number of nitrogens with two attached hydrogens (primary N) is 1. The van der Waals surface area contributed by atoms with Crippen molar-refractivity contribution in [1.29, 1.82) is 0 Å². The molecule has 0 aliphatic carbocycles. The Labute approximate surface area is 284 Å². The van der Waals surface area contributed by atoms with Gasteiger partial charge in [-0.25, -0.2) is 17.2 Å². The molecule has 0 saturated carbocycles. The van der Waals surface area contributed by atoms with Crippen molar-refractivity contribution in [3.05, 3.63) is 23.3 Å². The molecular formula is C29H47F4NO14S. The van der Waals surface area contributed by atoms with Crippen LogP contribution in [0.1, 0.15) is 6.42 Å². The standard InChI is InChI=1S/C29H47F4NO14S/c30-24-26(32)29(49(36)37)27(33)25(31)28(24)48-23(35)1-3-38-5-7-40-9-11-42-13-15-44-17-19-46-21-22-47-20-18-45-16-14-43-12-10-41-8-6-39-4-2-34/h49H,1-22,34H2. The van der Waals surface area contributed by atoms with Crippen molar-refractivity contribution in [3.63, 3.8) is 0 Å². The molecule has 15 nitrogen and oxygen atoms in total. The van der Waals surface area contributed by atoms with Gasteiger partial charge in [0, 0.05) is 6.54 Å². The van der Waals surface area contributed by atoms with Crippen molar-refractivity contribution in [2.45, 2.75) is 11.3 Å². The van der Waals surface area contributed by atoms with Crippen LogP contribution in [0.15, 0.2) is 4.90 Å². The second-order valence-corrected chi connectivity index (χ2v) is 10.3. The number of halogens is 4. The molecule has 0 aliphatic rings. The number of ether oxygens (including phenoxy) is 11. The van der Waals surface area contributed by atoms with Gasteiger partial charge in [0.25, 0.3) is 0 Å². The van der Waals surface area contributed by atoms with Crippen LogP contribution < -0.4 is 10.5 Å². The Hall–Kier alpha value is -2.08. The number of thiol groups is 1. The maximum Gasteiger partial charge on any atom is 0.313 e. The minimum Gasteiger partial charge on any atom is -0.420 e. The Kier molecular flexibility index (Phi) is 28.2. The summed E-state index contributed by atoms with van der Waals surface area (Å²) in [6.07, 6.45) is -0.514. The summed E-state index contributed by atoms with van der Waals surface area (Å²) in [5.74, 6) is -11.6. The summed E-state index contributed by atoms with van der Waals surface area (Å²) < 4.78 is 134. The fraction of sp³-hybridized carbons (Fsp3) is 0.759. The molecule has 1 aromatic rings. The van der Waals surface area contributed by atoms with E-state index in [0.717, 1.165) is 0 Å². The molecule has 0 aromatic heterocycles. The fourth-order valence-corrected chi connectivity index (χ4v) is 3.85. The topological polar surface area (TPSA) is 179 Å². The minimum atomic E-state index is -3.97. The van der Waals surface area contributed by atoms with E-state index >= 15 is 0 Å². The molecule has 0 saturated heterocycles. The number of benzene rings is 1. The molecule has 0 fully saturated rings. The molecule has 0 unspecified atom stereocenters. The number of rotatable bonds is 34. The summed E-state index contributed by atoms with van der Waals surface area (Å²) in [7, 11) is -3.97. The molecule has 0 aliphatic heterocycles. The summed E-state index contributed by atoms with van der Waals surface area (Å²) >= 11 is 0. The summed E-state index contributed by atoms with van der Waals surface area (Å²) in [5.41, 5.74) is 5.31. The van der Waals surface area contributed by atoms with E-state index in [1.165, 1.54) is 0 Å². The third kappa shape index (κ3) is 22.4. The molecule has 286 valence electrons. The van der Waals surface area contributed by atoms with Gasteiger partial charge in [0.05, 0.1) is 139 Å². The van der Waals surface area contributed by atoms with Crippen LogP contribution in [0.4, 0.5) is 17.6 Å². The van der Waals surface area contributed by atoms with Gasteiger partial charge in [0.15, 0.2) is 22.3 Å². The van der Waals surface area contributed by atoms with Gasteiger partial charge in [-0.2, -0.15) is 8.78 Å². The lowest BCUT2D eigenvalue weighted by Gasteiger charge is -2.10. The first kappa shape index (κ1) is 44.9. The molecular weight excluding hydrogens is 694 g/mol. The Bertz CT molecular complexity index is 1050. The van der Waals surface area contributed by atoms with Crippen LogP contribution in [0.2, 0.25) is 0 Å². The quantitative estimate of drug-likeness (QED) is 0.0251. The Morgan fingerprint density at radius 2 is 0.714 bits per heavy atom. The monoisotopic (exact) mass is 741 g/mol. The van der Waals surface area contributed by atoms with Crippen LogP contribution in [0.5, 0.6) is 5.75 Å². The molecule has 1 aromatic carbocycles. The zero-order chi connectivity index (χ0) is 36.0. The van der Waals surface area contributed by atoms with Crippen molar-refractivity contribution < 1.29 is 82.9 Å². The maximum absolute atomic E-state index is 13.9. The van der Waals surface area contributed by atoms with E-state index in [0.29, 0.717) is 112 Å². The van der Waals surface area contributed by atoms with E-state index in [1.807, 2.05) is 0 Å². The molecule has 0 heterocycles. The predicted molar refractivity (Wildman–Crippen MR) is 162 cm³/mol. The average Bonchev–Trinajstić information content (AvgIpc) is 3.08. The van der Waals surface area contributed by atoms with Gasteiger partial charge in [0.1, 0.15) is 4.90 Å². The number of hydrogen-bond donors (Lipinski definition) is 2. The molecule has 49 heavy (non-hydrogen) atoms. The summed E-state index contributed by atoms with van der Waals surface area (Å²) in [5, 5.41) is 0. The Balaban J connectivity index is 1.81. The van der Waals surface area contributed by atoms with E-state index in [9.17, 15) is 30.8 Å². The third-order valence-corrected chi connectivity index (χ3v) is 6.42. The van der Waals surface area contributed by atoms with Gasteiger partial charge < -0.3 is 57.8 Å². The lowest BCUT2D eigenvalue weighted by Crippen LogP contribution is -2.17. The van der Waals surface area contributed by atoms with Crippen molar-refractivity contribution >= 4 is 16.7 Å². The normalized spacial score (nSPS) is 11.6. The number of hydrogen-bond acceptors (Lipinski definition) is 15. The molecule has 0 atom stereocenters. The smallest absolute Gasteiger partial charge is 0.313 e. The third-order valence-electron chi connectivity index (χ3n) is 5.66. The van der Waals surface area contributed by atoms with Gasteiger partial charge in [-0.1, -0.05) is 0 Å². The van der Waals surface area contributed by atoms with E-state index in [2.05, 4.69) is 4.74 Å². The first-order valence-corrected chi connectivity index (χ1v) is 16.7. The average molecular weight is 742 g/mol. The minimum absolute atomic E-state index is 0.0623. The van der Waals surface area contributed by atoms with Crippen molar-refractivity contribution in [1.82, 2.24) is 0 Å². The van der Waals surface area contributed by atoms with Gasteiger partial charge in [-0.15, -0.1) is 0 Å². The van der Waals surface area contributed by atoms with Crippen LogP contribution in [0.25, 0.3) is 0 Å². The first-order chi connectivity index (χ1) is 23.8. The lowest BCUT2D eigenvalue weighted by atomic mass is 10.3. The van der Waals surface area contributed by atoms with Crippen LogP contribution in [0.3, 0.4) is 0 Å². The zero-order valence-electron chi connectivity index (χ0n) is 27.3. The fourth-order valence-electron chi connectivity index (χ4n) is 3.33. The van der Waals surface area contributed by atoms with E-state index in [-0.39, 0.29) is 26.4 Å². The maximum atomic E-state index is 13.9. The van der Waals surface area contributed by atoms with Crippen LogP contribution in [-0.2, 0) is 62.9 Å². The largest absolute Gasteiger partial charge is 0.420 e. The van der Waals surface area contributed by atoms with Gasteiger partial charge in [-0.05, 0) is 0 Å². The molecule has 0 amide bonds. The molecule has 0 spiro atoms. The molecule has 0 bridgehead atoms. The van der Waals surface area contributed by atoms with Crippen LogP contribution in [0, 0.1) is 23.3 Å². The Morgan fingerprint density at radius 3 is 0.980 bits per heavy atom. The van der Waals surface area contributed by atoms with Gasteiger partial charge in [0.2, 0.25) is 17.4 Å². The highest BCUT2D eigenvalue weighted by molar-refractivity contribution is 7.72. The molecule has 1 rings (SSSR count). The van der Waals surface area contributed by atoms with Crippen LogP contribution in [-0.4, -0.2) is 153 Å². The first-order valence-electron chi connectivity index (χ1n) is 15.5. The Morgan fingerprint density at radius 1 is 0.449 bits per heavy atom. The van der Waals surface area contributed by atoms with E-state index in [4.69, 9.17) is 53.1 Å². The second kappa shape index (κ2) is 30.7. The van der Waals surface area contributed by atoms with Gasteiger partial charge >= 0.3 is 5.97 Å². The molecule has 0 radical (unpaired) electrons. The summed E-state index contributed by atoms with van der Waals surface area (Å²) in [4.78, 5) is 9.94. The van der Waals surface area contributed by atoms with Crippen molar-refractivity contribution in [2.24, 2.45) is 5.73 Å². The predicted octanol–water partition coefficient (Wildman–Crippen LogP) is 0.634. The highest BCUT2D eigenvalue weighted by Gasteiger charge is 2.29. The summed E-state index contributed by atoms with van der Waals surface area (Å²) in [6, 6.07) is 0. The highest BCUT2D eigenvalue weighted by atomic mass is 32.2. The van der Waals surface area contributed by atoms with Crippen molar-refractivity contribution in [2.75, 3.05) is 139 Å².